The van der Waals surface area contributed by atoms with Crippen LogP contribution in [0.3, 0.4) is 0 Å². The summed E-state index contributed by atoms with van der Waals surface area (Å²) in [5.41, 5.74) is 0. The Balaban J connectivity index is 1.78. The minimum Gasteiger partial charge on any atom is -0.474 e. The zero-order chi connectivity index (χ0) is 12.8. The molecule has 1 N–H and O–H groups in total. The predicted octanol–water partition coefficient (Wildman–Crippen LogP) is 1.65. The van der Waals surface area contributed by atoms with Crippen LogP contribution in [0, 0.1) is 0 Å². The second-order valence-electron chi connectivity index (χ2n) is 4.31. The Bertz CT molecular complexity index is 375. The molecule has 0 unspecified atom stereocenters. The highest BCUT2D eigenvalue weighted by molar-refractivity contribution is 5.74. The van der Waals surface area contributed by atoms with Gasteiger partial charge in [0.1, 0.15) is 6.10 Å². The Morgan fingerprint density at radius 3 is 2.89 bits per heavy atom. The van der Waals surface area contributed by atoms with Crippen LogP contribution in [0.5, 0.6) is 5.88 Å². The van der Waals surface area contributed by atoms with Gasteiger partial charge in [-0.2, -0.15) is 0 Å². The molecule has 0 atom stereocenters. The Labute approximate surface area is 107 Å². The summed E-state index contributed by atoms with van der Waals surface area (Å²) in [6.07, 6.45) is 3.59. The molecule has 2 amide bonds. The number of piperidine rings is 1. The number of carbonyl (C=O) groups is 1. The van der Waals surface area contributed by atoms with Crippen LogP contribution in [0.2, 0.25) is 0 Å². The average Bonchev–Trinajstić information content (AvgIpc) is 2.41. The first-order chi connectivity index (χ1) is 8.79. The lowest BCUT2D eigenvalue weighted by Gasteiger charge is -2.31. The molecule has 1 saturated heterocycles. The first-order valence-corrected chi connectivity index (χ1v) is 6.40. The normalized spacial score (nSPS) is 16.4. The van der Waals surface area contributed by atoms with E-state index in [9.17, 15) is 4.79 Å². The van der Waals surface area contributed by atoms with Crippen LogP contribution >= 0.6 is 0 Å². The van der Waals surface area contributed by atoms with Gasteiger partial charge in [0.05, 0.1) is 0 Å². The quantitative estimate of drug-likeness (QED) is 0.886. The second kappa shape index (κ2) is 6.23. The standard InChI is InChI=1S/C13H19N3O2/c1-2-14-13(17)16-9-6-11(7-10-16)18-12-5-3-4-8-15-12/h3-5,8,11H,2,6-7,9-10H2,1H3,(H,14,17). The number of hydrogen-bond donors (Lipinski definition) is 1. The van der Waals surface area contributed by atoms with Gasteiger partial charge in [-0.15, -0.1) is 0 Å². The van der Waals surface area contributed by atoms with Crippen LogP contribution < -0.4 is 10.1 Å². The predicted molar refractivity (Wildman–Crippen MR) is 68.5 cm³/mol. The average molecular weight is 249 g/mol. The van der Waals surface area contributed by atoms with Crippen LogP contribution in [0.25, 0.3) is 0 Å². The highest BCUT2D eigenvalue weighted by atomic mass is 16.5. The van der Waals surface area contributed by atoms with Crippen molar-refractivity contribution in [2.24, 2.45) is 0 Å². The molecule has 5 nitrogen and oxygen atoms in total. The monoisotopic (exact) mass is 249 g/mol. The number of ether oxygens (including phenoxy) is 1. The molecule has 1 aromatic rings. The van der Waals surface area contributed by atoms with Gasteiger partial charge in [0.15, 0.2) is 0 Å². The van der Waals surface area contributed by atoms with Crippen molar-refractivity contribution in [2.75, 3.05) is 19.6 Å². The third-order valence-corrected chi connectivity index (χ3v) is 2.98. The maximum atomic E-state index is 11.6. The van der Waals surface area contributed by atoms with E-state index in [-0.39, 0.29) is 12.1 Å². The molecular formula is C13H19N3O2. The third-order valence-electron chi connectivity index (χ3n) is 2.98. The summed E-state index contributed by atoms with van der Waals surface area (Å²) in [4.78, 5) is 17.6. The fraction of sp³-hybridized carbons (Fsp3) is 0.538. The molecular weight excluding hydrogens is 230 g/mol. The molecule has 2 heterocycles. The van der Waals surface area contributed by atoms with Crippen molar-refractivity contribution >= 4 is 6.03 Å². The molecule has 2 rings (SSSR count). The topological polar surface area (TPSA) is 54.5 Å². The first kappa shape index (κ1) is 12.7. The second-order valence-corrected chi connectivity index (χ2v) is 4.31. The number of carbonyl (C=O) groups excluding carboxylic acids is 1. The van der Waals surface area contributed by atoms with Gasteiger partial charge in [-0.25, -0.2) is 9.78 Å². The molecule has 1 fully saturated rings. The van der Waals surface area contributed by atoms with E-state index in [1.807, 2.05) is 30.0 Å². The highest BCUT2D eigenvalue weighted by Crippen LogP contribution is 2.16. The number of pyridine rings is 1. The van der Waals surface area contributed by atoms with E-state index in [0.717, 1.165) is 25.9 Å². The molecule has 0 aliphatic carbocycles. The smallest absolute Gasteiger partial charge is 0.317 e. The summed E-state index contributed by atoms with van der Waals surface area (Å²) < 4.78 is 5.77. The largest absolute Gasteiger partial charge is 0.474 e. The van der Waals surface area contributed by atoms with E-state index >= 15 is 0 Å². The molecule has 0 spiro atoms. The Kier molecular flexibility index (Phi) is 4.39. The lowest BCUT2D eigenvalue weighted by molar-refractivity contribution is 0.107. The number of aromatic nitrogens is 1. The molecule has 18 heavy (non-hydrogen) atoms. The number of urea groups is 1. The fourth-order valence-electron chi connectivity index (χ4n) is 2.03. The number of amides is 2. The maximum Gasteiger partial charge on any atom is 0.317 e. The number of rotatable bonds is 3. The highest BCUT2D eigenvalue weighted by Gasteiger charge is 2.23. The summed E-state index contributed by atoms with van der Waals surface area (Å²) in [7, 11) is 0. The van der Waals surface area contributed by atoms with Gasteiger partial charge in [0.25, 0.3) is 0 Å². The Morgan fingerprint density at radius 2 is 2.28 bits per heavy atom. The van der Waals surface area contributed by atoms with Crippen LogP contribution in [0.1, 0.15) is 19.8 Å². The van der Waals surface area contributed by atoms with Gasteiger partial charge in [0.2, 0.25) is 5.88 Å². The van der Waals surface area contributed by atoms with Crippen LogP contribution in [-0.2, 0) is 0 Å². The number of nitrogens with zero attached hydrogens (tertiary/aromatic N) is 2. The molecule has 0 aromatic carbocycles. The van der Waals surface area contributed by atoms with E-state index < -0.39 is 0 Å². The number of hydrogen-bond acceptors (Lipinski definition) is 3. The van der Waals surface area contributed by atoms with Crippen molar-refractivity contribution in [1.29, 1.82) is 0 Å². The zero-order valence-corrected chi connectivity index (χ0v) is 10.6. The molecule has 0 radical (unpaired) electrons. The molecule has 1 aromatic heterocycles. The molecule has 0 saturated carbocycles. The van der Waals surface area contributed by atoms with E-state index in [4.69, 9.17) is 4.74 Å². The summed E-state index contributed by atoms with van der Waals surface area (Å²) >= 11 is 0. The van der Waals surface area contributed by atoms with Crippen LogP contribution in [0.4, 0.5) is 4.79 Å². The lowest BCUT2D eigenvalue weighted by atomic mass is 10.1. The molecule has 5 heteroatoms. The fourth-order valence-corrected chi connectivity index (χ4v) is 2.03. The van der Waals surface area contributed by atoms with Crippen molar-refractivity contribution < 1.29 is 9.53 Å². The van der Waals surface area contributed by atoms with Gasteiger partial charge in [-0.1, -0.05) is 6.07 Å². The van der Waals surface area contributed by atoms with Gasteiger partial charge in [0, 0.05) is 44.7 Å². The van der Waals surface area contributed by atoms with Crippen molar-refractivity contribution in [3.8, 4) is 5.88 Å². The Morgan fingerprint density at radius 1 is 1.50 bits per heavy atom. The van der Waals surface area contributed by atoms with Gasteiger partial charge >= 0.3 is 6.03 Å². The number of nitrogens with one attached hydrogen (secondary N) is 1. The van der Waals surface area contributed by atoms with Crippen molar-refractivity contribution in [1.82, 2.24) is 15.2 Å². The van der Waals surface area contributed by atoms with Crippen LogP contribution in [0.15, 0.2) is 24.4 Å². The zero-order valence-electron chi connectivity index (χ0n) is 10.6. The van der Waals surface area contributed by atoms with Crippen molar-refractivity contribution in [2.45, 2.75) is 25.9 Å². The molecule has 0 bridgehead atoms. The summed E-state index contributed by atoms with van der Waals surface area (Å²) in [6.45, 7) is 4.07. The van der Waals surface area contributed by atoms with E-state index in [1.54, 1.807) is 6.20 Å². The van der Waals surface area contributed by atoms with E-state index in [2.05, 4.69) is 10.3 Å². The third kappa shape index (κ3) is 3.35. The molecule has 98 valence electrons. The van der Waals surface area contributed by atoms with E-state index in [0.29, 0.717) is 12.4 Å². The van der Waals surface area contributed by atoms with Crippen molar-refractivity contribution in [3.63, 3.8) is 0 Å². The van der Waals surface area contributed by atoms with Gasteiger partial charge < -0.3 is 15.0 Å². The lowest BCUT2D eigenvalue weighted by Crippen LogP contribution is -2.46. The summed E-state index contributed by atoms with van der Waals surface area (Å²) in [6, 6.07) is 5.65. The maximum absolute atomic E-state index is 11.6. The minimum atomic E-state index is 0.0220. The number of likely N-dealkylation sites (tertiary alicyclic amines) is 1. The van der Waals surface area contributed by atoms with E-state index in [1.165, 1.54) is 0 Å². The summed E-state index contributed by atoms with van der Waals surface area (Å²) in [5.74, 6) is 0.661. The summed E-state index contributed by atoms with van der Waals surface area (Å²) in [5, 5.41) is 2.81. The molecule has 1 aliphatic heterocycles. The SMILES string of the molecule is CCNC(=O)N1CCC(Oc2ccccn2)CC1. The van der Waals surface area contributed by atoms with Crippen molar-refractivity contribution in [3.05, 3.63) is 24.4 Å². The minimum absolute atomic E-state index is 0.0220. The Hall–Kier alpha value is -1.78. The van der Waals surface area contributed by atoms with Gasteiger partial charge in [-0.05, 0) is 13.0 Å². The van der Waals surface area contributed by atoms with Crippen LogP contribution in [-0.4, -0.2) is 41.7 Å². The molecule has 1 aliphatic rings. The first-order valence-electron chi connectivity index (χ1n) is 6.40. The van der Waals surface area contributed by atoms with Gasteiger partial charge in [-0.3, -0.25) is 0 Å².